The molecule has 0 spiro atoms. The van der Waals surface area contributed by atoms with Crippen LogP contribution in [0.5, 0.6) is 0 Å². The van der Waals surface area contributed by atoms with Gasteiger partial charge >= 0.3 is 0 Å². The topological polar surface area (TPSA) is 51.8 Å². The summed E-state index contributed by atoms with van der Waals surface area (Å²) in [6, 6.07) is 8.32. The predicted molar refractivity (Wildman–Crippen MR) is 83.3 cm³/mol. The number of hydrogen-bond acceptors (Lipinski definition) is 3. The van der Waals surface area contributed by atoms with Crippen LogP contribution in [0.2, 0.25) is 0 Å². The minimum Gasteiger partial charge on any atom is -0.383 e. The lowest BCUT2D eigenvalue weighted by Gasteiger charge is -2.19. The van der Waals surface area contributed by atoms with Gasteiger partial charge in [-0.1, -0.05) is 45.0 Å². The molecular formula is C14H16IN3. The summed E-state index contributed by atoms with van der Waals surface area (Å²) < 4.78 is 0.877. The standard InChI is InChI=1S/C14H16IN3/c1-14(2,3)10-6-4-9(5-7-10)13-17-8-11(15)12(16)18-13/h4-8H,1-3H3,(H2,16,17,18). The summed E-state index contributed by atoms with van der Waals surface area (Å²) in [7, 11) is 0. The number of nitrogens with zero attached hydrogens (tertiary/aromatic N) is 2. The molecule has 0 atom stereocenters. The maximum absolute atomic E-state index is 5.80. The summed E-state index contributed by atoms with van der Waals surface area (Å²) in [5.41, 5.74) is 8.24. The molecule has 1 aromatic carbocycles. The van der Waals surface area contributed by atoms with Crippen LogP contribution in [-0.4, -0.2) is 9.97 Å². The lowest BCUT2D eigenvalue weighted by atomic mass is 9.87. The third kappa shape index (κ3) is 2.80. The van der Waals surface area contributed by atoms with Crippen LogP contribution < -0.4 is 5.73 Å². The molecule has 0 unspecified atom stereocenters. The minimum atomic E-state index is 0.157. The molecule has 0 aliphatic rings. The quantitative estimate of drug-likeness (QED) is 0.797. The molecule has 2 rings (SSSR count). The molecule has 4 heteroatoms. The van der Waals surface area contributed by atoms with E-state index in [4.69, 9.17) is 5.73 Å². The first-order chi connectivity index (χ1) is 8.38. The second-order valence-corrected chi connectivity index (χ2v) is 6.42. The third-order valence-electron chi connectivity index (χ3n) is 2.78. The average molecular weight is 353 g/mol. The van der Waals surface area contributed by atoms with Crippen LogP contribution in [0.3, 0.4) is 0 Å². The molecule has 0 fully saturated rings. The molecule has 94 valence electrons. The first kappa shape index (κ1) is 13.3. The molecule has 0 amide bonds. The average Bonchev–Trinajstić information content (AvgIpc) is 2.32. The number of rotatable bonds is 1. The maximum atomic E-state index is 5.80. The van der Waals surface area contributed by atoms with Crippen molar-refractivity contribution in [3.05, 3.63) is 39.6 Å². The van der Waals surface area contributed by atoms with Crippen molar-refractivity contribution >= 4 is 28.4 Å². The summed E-state index contributed by atoms with van der Waals surface area (Å²) in [5.74, 6) is 1.20. The van der Waals surface area contributed by atoms with E-state index in [0.717, 1.165) is 9.13 Å². The molecule has 0 saturated carbocycles. The molecule has 1 aromatic heterocycles. The number of benzene rings is 1. The molecule has 1 heterocycles. The largest absolute Gasteiger partial charge is 0.383 e. The molecule has 0 radical (unpaired) electrons. The zero-order chi connectivity index (χ0) is 13.3. The van der Waals surface area contributed by atoms with Crippen molar-refractivity contribution in [3.63, 3.8) is 0 Å². The van der Waals surface area contributed by atoms with Crippen LogP contribution in [0.4, 0.5) is 5.82 Å². The first-order valence-electron chi connectivity index (χ1n) is 5.77. The molecule has 2 N–H and O–H groups in total. The van der Waals surface area contributed by atoms with Gasteiger partial charge in [0.1, 0.15) is 5.82 Å². The highest BCUT2D eigenvalue weighted by atomic mass is 127. The van der Waals surface area contributed by atoms with Crippen LogP contribution in [0, 0.1) is 3.57 Å². The summed E-state index contributed by atoms with van der Waals surface area (Å²) >= 11 is 2.13. The van der Waals surface area contributed by atoms with E-state index in [0.29, 0.717) is 11.6 Å². The Hall–Kier alpha value is -1.17. The first-order valence-corrected chi connectivity index (χ1v) is 6.85. The van der Waals surface area contributed by atoms with Crippen molar-refractivity contribution < 1.29 is 0 Å². The van der Waals surface area contributed by atoms with Gasteiger partial charge in [-0.3, -0.25) is 0 Å². The van der Waals surface area contributed by atoms with Crippen LogP contribution in [0.25, 0.3) is 11.4 Å². The van der Waals surface area contributed by atoms with Gasteiger partial charge in [0.05, 0.1) is 3.57 Å². The van der Waals surface area contributed by atoms with E-state index in [1.807, 2.05) is 12.1 Å². The summed E-state index contributed by atoms with van der Waals surface area (Å²) in [6.07, 6.45) is 1.75. The molecule has 0 aliphatic carbocycles. The number of halogens is 1. The second-order valence-electron chi connectivity index (χ2n) is 5.25. The van der Waals surface area contributed by atoms with E-state index < -0.39 is 0 Å². The summed E-state index contributed by atoms with van der Waals surface area (Å²) in [4.78, 5) is 8.60. The Morgan fingerprint density at radius 1 is 1.11 bits per heavy atom. The van der Waals surface area contributed by atoms with Crippen molar-refractivity contribution in [1.82, 2.24) is 9.97 Å². The van der Waals surface area contributed by atoms with E-state index in [-0.39, 0.29) is 5.41 Å². The summed E-state index contributed by atoms with van der Waals surface area (Å²) in [6.45, 7) is 6.59. The van der Waals surface area contributed by atoms with Crippen molar-refractivity contribution in [2.24, 2.45) is 0 Å². The van der Waals surface area contributed by atoms with Crippen molar-refractivity contribution in [2.45, 2.75) is 26.2 Å². The van der Waals surface area contributed by atoms with E-state index >= 15 is 0 Å². The van der Waals surface area contributed by atoms with Crippen molar-refractivity contribution in [2.75, 3.05) is 5.73 Å². The molecule has 3 nitrogen and oxygen atoms in total. The fraction of sp³-hybridized carbons (Fsp3) is 0.286. The fourth-order valence-corrected chi connectivity index (χ4v) is 1.90. The molecule has 2 aromatic rings. The zero-order valence-corrected chi connectivity index (χ0v) is 12.9. The molecule has 0 aliphatic heterocycles. The third-order valence-corrected chi connectivity index (χ3v) is 3.61. The van der Waals surface area contributed by atoms with Gasteiger partial charge in [-0.15, -0.1) is 0 Å². The highest BCUT2D eigenvalue weighted by molar-refractivity contribution is 14.1. The number of nitrogen functional groups attached to an aromatic ring is 1. The SMILES string of the molecule is CC(C)(C)c1ccc(-c2ncc(I)c(N)n2)cc1. The van der Waals surface area contributed by atoms with Gasteiger partial charge in [0.2, 0.25) is 0 Å². The Balaban J connectivity index is 2.37. The fourth-order valence-electron chi connectivity index (χ4n) is 1.64. The van der Waals surface area contributed by atoms with Crippen LogP contribution >= 0.6 is 22.6 Å². The Bertz CT molecular complexity index is 556. The number of nitrogens with two attached hydrogens (primary N) is 1. The molecule has 0 saturated heterocycles. The Kier molecular flexibility index (Phi) is 3.56. The van der Waals surface area contributed by atoms with Gasteiger partial charge in [0.25, 0.3) is 0 Å². The predicted octanol–water partition coefficient (Wildman–Crippen LogP) is 3.63. The Morgan fingerprint density at radius 2 is 1.72 bits per heavy atom. The number of hydrogen-bond donors (Lipinski definition) is 1. The van der Waals surface area contributed by atoms with Crippen molar-refractivity contribution in [3.8, 4) is 11.4 Å². The Morgan fingerprint density at radius 3 is 2.22 bits per heavy atom. The lowest BCUT2D eigenvalue weighted by molar-refractivity contribution is 0.590. The van der Waals surface area contributed by atoms with Crippen LogP contribution in [-0.2, 0) is 5.41 Å². The maximum Gasteiger partial charge on any atom is 0.161 e. The van der Waals surface area contributed by atoms with E-state index in [9.17, 15) is 0 Å². The smallest absolute Gasteiger partial charge is 0.161 e. The van der Waals surface area contributed by atoms with Gasteiger partial charge < -0.3 is 5.73 Å². The van der Waals surface area contributed by atoms with Gasteiger partial charge in [0, 0.05) is 11.8 Å². The van der Waals surface area contributed by atoms with Gasteiger partial charge in [-0.25, -0.2) is 9.97 Å². The van der Waals surface area contributed by atoms with Crippen LogP contribution in [0.15, 0.2) is 30.5 Å². The second kappa shape index (κ2) is 4.84. The van der Waals surface area contributed by atoms with E-state index in [1.165, 1.54) is 5.56 Å². The normalized spacial score (nSPS) is 11.6. The number of anilines is 1. The zero-order valence-electron chi connectivity index (χ0n) is 10.7. The summed E-state index contributed by atoms with van der Waals surface area (Å²) in [5, 5.41) is 0. The van der Waals surface area contributed by atoms with E-state index in [1.54, 1.807) is 6.20 Å². The highest BCUT2D eigenvalue weighted by Crippen LogP contribution is 2.25. The van der Waals surface area contributed by atoms with Gasteiger partial charge in [0.15, 0.2) is 5.82 Å². The highest BCUT2D eigenvalue weighted by Gasteiger charge is 2.13. The monoisotopic (exact) mass is 353 g/mol. The molecular weight excluding hydrogens is 337 g/mol. The molecule has 0 bridgehead atoms. The van der Waals surface area contributed by atoms with Gasteiger partial charge in [-0.05, 0) is 33.6 Å². The lowest BCUT2D eigenvalue weighted by Crippen LogP contribution is -2.10. The van der Waals surface area contributed by atoms with Gasteiger partial charge in [-0.2, -0.15) is 0 Å². The van der Waals surface area contributed by atoms with Crippen LogP contribution in [0.1, 0.15) is 26.3 Å². The van der Waals surface area contributed by atoms with Crippen molar-refractivity contribution in [1.29, 1.82) is 0 Å². The Labute approximate surface area is 121 Å². The molecule has 18 heavy (non-hydrogen) atoms. The van der Waals surface area contributed by atoms with E-state index in [2.05, 4.69) is 65.5 Å². The minimum absolute atomic E-state index is 0.157. The number of aromatic nitrogens is 2.